The van der Waals surface area contributed by atoms with Crippen LogP contribution in [0.15, 0.2) is 73.6 Å². The van der Waals surface area contributed by atoms with Crippen LogP contribution in [0.25, 0.3) is 44.8 Å². The second-order valence-corrected chi connectivity index (χ2v) is 7.37. The molecule has 0 bridgehead atoms. The molecule has 4 heterocycles. The normalized spacial score (nSPS) is 11.1. The molecular weight excluding hydrogens is 405 g/mol. The number of rotatable bonds is 6. The van der Waals surface area contributed by atoms with E-state index >= 15 is 0 Å². The number of anilines is 1. The van der Waals surface area contributed by atoms with Gasteiger partial charge >= 0.3 is 0 Å². The van der Waals surface area contributed by atoms with Gasteiger partial charge in [0.15, 0.2) is 5.82 Å². The second-order valence-electron chi connectivity index (χ2n) is 7.37. The van der Waals surface area contributed by atoms with Crippen LogP contribution in [-0.4, -0.2) is 30.1 Å². The number of imidazole rings is 1. The Morgan fingerprint density at radius 1 is 1.06 bits per heavy atom. The molecule has 0 aliphatic carbocycles. The highest BCUT2D eigenvalue weighted by Gasteiger charge is 2.17. The van der Waals surface area contributed by atoms with Crippen molar-refractivity contribution < 1.29 is 4.39 Å². The van der Waals surface area contributed by atoms with Gasteiger partial charge in [0.25, 0.3) is 0 Å². The molecule has 0 saturated heterocycles. The Hall–Kier alpha value is -4.33. The third kappa shape index (κ3) is 3.62. The number of aromatic amines is 2. The predicted octanol–water partition coefficient (Wildman–Crippen LogP) is 5.55. The average Bonchev–Trinajstić information content (AvgIpc) is 3.46. The first kappa shape index (κ1) is 19.6. The van der Waals surface area contributed by atoms with Crippen LogP contribution in [0.1, 0.15) is 13.3 Å². The fourth-order valence-corrected chi connectivity index (χ4v) is 3.55. The Balaban J connectivity index is 1.57. The summed E-state index contributed by atoms with van der Waals surface area (Å²) in [6.45, 7) is 6.02. The van der Waals surface area contributed by atoms with Crippen LogP contribution >= 0.6 is 0 Å². The summed E-state index contributed by atoms with van der Waals surface area (Å²) in [5, 5.41) is 10.6. The number of halogens is 1. The monoisotopic (exact) mass is 425 g/mol. The van der Waals surface area contributed by atoms with E-state index in [4.69, 9.17) is 4.98 Å². The number of hydrogen-bond acceptors (Lipinski definition) is 5. The van der Waals surface area contributed by atoms with Gasteiger partial charge in [0.2, 0.25) is 0 Å². The smallest absolute Gasteiger partial charge is 0.159 e. The van der Waals surface area contributed by atoms with Crippen molar-refractivity contribution in [3.8, 4) is 33.8 Å². The minimum Gasteiger partial charge on any atom is -0.358 e. The molecule has 7 nitrogen and oxygen atoms in total. The van der Waals surface area contributed by atoms with Crippen molar-refractivity contribution in [3.63, 3.8) is 0 Å². The molecule has 3 N–H and O–H groups in total. The van der Waals surface area contributed by atoms with Gasteiger partial charge in [-0.3, -0.25) is 15.1 Å². The number of hydrogen-bond donors (Lipinski definition) is 3. The zero-order chi connectivity index (χ0) is 22.1. The molecule has 5 rings (SSSR count). The van der Waals surface area contributed by atoms with Gasteiger partial charge in [-0.05, 0) is 30.2 Å². The quantitative estimate of drug-likeness (QED) is 0.331. The molecule has 32 heavy (non-hydrogen) atoms. The maximum Gasteiger partial charge on any atom is 0.159 e. The minimum atomic E-state index is -0.309. The predicted molar refractivity (Wildman–Crippen MR) is 123 cm³/mol. The molecule has 158 valence electrons. The van der Waals surface area contributed by atoms with Crippen LogP contribution < -0.4 is 5.32 Å². The maximum atomic E-state index is 13.8. The fourth-order valence-electron chi connectivity index (χ4n) is 3.55. The number of aromatic nitrogens is 6. The van der Waals surface area contributed by atoms with Crippen LogP contribution in [0, 0.1) is 5.82 Å². The lowest BCUT2D eigenvalue weighted by atomic mass is 10.1. The van der Waals surface area contributed by atoms with Crippen molar-refractivity contribution in [1.82, 2.24) is 30.1 Å². The molecule has 0 amide bonds. The van der Waals surface area contributed by atoms with E-state index in [0.717, 1.165) is 40.0 Å². The van der Waals surface area contributed by atoms with Crippen molar-refractivity contribution >= 4 is 16.7 Å². The molecule has 1 aromatic carbocycles. The molecule has 0 aliphatic heterocycles. The van der Waals surface area contributed by atoms with Gasteiger partial charge in [-0.1, -0.05) is 25.6 Å². The third-order valence-electron chi connectivity index (χ3n) is 5.19. The van der Waals surface area contributed by atoms with Crippen molar-refractivity contribution in [2.75, 3.05) is 5.32 Å². The zero-order valence-corrected chi connectivity index (χ0v) is 17.4. The Kier molecular flexibility index (Phi) is 4.95. The SMILES string of the molecule is C=C(CC)Nc1cncc(-c2c[nH]nc2-c2nc3c(-c4cccc(F)c4)cncc3[nH]2)c1. The van der Waals surface area contributed by atoms with E-state index in [1.807, 2.05) is 25.3 Å². The number of H-pyrrole nitrogens is 2. The average molecular weight is 425 g/mol. The number of benzene rings is 1. The van der Waals surface area contributed by atoms with Crippen molar-refractivity contribution in [2.45, 2.75) is 13.3 Å². The highest BCUT2D eigenvalue weighted by molar-refractivity contribution is 5.93. The second kappa shape index (κ2) is 8.07. The molecule has 0 spiro atoms. The fraction of sp³-hybridized carbons (Fsp3) is 0.0833. The molecule has 0 fully saturated rings. The molecule has 8 heteroatoms. The molecule has 5 aromatic rings. The molecule has 0 saturated carbocycles. The summed E-state index contributed by atoms with van der Waals surface area (Å²) in [6.07, 6.45) is 9.54. The van der Waals surface area contributed by atoms with Crippen molar-refractivity contribution in [2.24, 2.45) is 0 Å². The van der Waals surface area contributed by atoms with E-state index in [1.54, 1.807) is 30.9 Å². The van der Waals surface area contributed by atoms with Gasteiger partial charge in [0.05, 0.1) is 29.1 Å². The van der Waals surface area contributed by atoms with E-state index in [1.165, 1.54) is 12.1 Å². The summed E-state index contributed by atoms with van der Waals surface area (Å²) >= 11 is 0. The van der Waals surface area contributed by atoms with Gasteiger partial charge in [-0.15, -0.1) is 0 Å². The first-order valence-corrected chi connectivity index (χ1v) is 10.2. The molecular formula is C24H20FN7. The van der Waals surface area contributed by atoms with Gasteiger partial charge in [-0.25, -0.2) is 9.37 Å². The lowest BCUT2D eigenvalue weighted by Crippen LogP contribution is -1.97. The van der Waals surface area contributed by atoms with E-state index in [2.05, 4.69) is 37.0 Å². The van der Waals surface area contributed by atoms with Crippen LogP contribution in [0.5, 0.6) is 0 Å². The number of nitrogens with zero attached hydrogens (tertiary/aromatic N) is 4. The third-order valence-corrected chi connectivity index (χ3v) is 5.19. The molecule has 0 aliphatic rings. The number of fused-ring (bicyclic) bond motifs is 1. The summed E-state index contributed by atoms with van der Waals surface area (Å²) in [5.41, 5.74) is 7.03. The number of pyridine rings is 2. The highest BCUT2D eigenvalue weighted by Crippen LogP contribution is 2.33. The van der Waals surface area contributed by atoms with Crippen molar-refractivity contribution in [3.05, 3.63) is 79.4 Å². The lowest BCUT2D eigenvalue weighted by molar-refractivity contribution is 0.628. The molecule has 4 aromatic heterocycles. The Bertz CT molecular complexity index is 1430. The van der Waals surface area contributed by atoms with E-state index in [0.29, 0.717) is 22.6 Å². The number of allylic oxidation sites excluding steroid dienone is 1. The van der Waals surface area contributed by atoms with E-state index in [-0.39, 0.29) is 5.82 Å². The topological polar surface area (TPSA) is 95.2 Å². The first-order valence-electron chi connectivity index (χ1n) is 10.2. The molecule has 0 radical (unpaired) electrons. The van der Waals surface area contributed by atoms with Gasteiger partial charge in [0.1, 0.15) is 11.5 Å². The summed E-state index contributed by atoms with van der Waals surface area (Å²) in [7, 11) is 0. The van der Waals surface area contributed by atoms with Crippen LogP contribution in [0.4, 0.5) is 10.1 Å². The maximum absolute atomic E-state index is 13.8. The Morgan fingerprint density at radius 3 is 2.78 bits per heavy atom. The van der Waals surface area contributed by atoms with Crippen LogP contribution in [0.2, 0.25) is 0 Å². The summed E-state index contributed by atoms with van der Waals surface area (Å²) in [6, 6.07) is 8.38. The summed E-state index contributed by atoms with van der Waals surface area (Å²) in [4.78, 5) is 16.7. The zero-order valence-electron chi connectivity index (χ0n) is 17.4. The molecule has 0 unspecified atom stereocenters. The minimum absolute atomic E-state index is 0.309. The van der Waals surface area contributed by atoms with E-state index < -0.39 is 0 Å². The van der Waals surface area contributed by atoms with Crippen LogP contribution in [-0.2, 0) is 0 Å². The van der Waals surface area contributed by atoms with Gasteiger partial charge in [-0.2, -0.15) is 5.10 Å². The first-order chi connectivity index (χ1) is 15.6. The highest BCUT2D eigenvalue weighted by atomic mass is 19.1. The number of nitrogens with one attached hydrogen (secondary N) is 3. The lowest BCUT2D eigenvalue weighted by Gasteiger charge is -2.08. The summed E-state index contributed by atoms with van der Waals surface area (Å²) in [5.74, 6) is 0.273. The Labute approximate surface area is 183 Å². The van der Waals surface area contributed by atoms with Gasteiger partial charge in [0, 0.05) is 41.0 Å². The van der Waals surface area contributed by atoms with Gasteiger partial charge < -0.3 is 10.3 Å². The summed E-state index contributed by atoms with van der Waals surface area (Å²) < 4.78 is 13.8. The largest absolute Gasteiger partial charge is 0.358 e. The van der Waals surface area contributed by atoms with Crippen LogP contribution in [0.3, 0.4) is 0 Å². The van der Waals surface area contributed by atoms with Crippen molar-refractivity contribution in [1.29, 1.82) is 0 Å². The Morgan fingerprint density at radius 2 is 1.94 bits per heavy atom. The van der Waals surface area contributed by atoms with E-state index in [9.17, 15) is 4.39 Å². The standard InChI is InChI=1S/C24H20FN7/c1-3-14(2)29-18-8-16(9-26-10-18)20-12-28-32-23(20)24-30-21-13-27-11-19(22(21)31-24)15-5-4-6-17(25)7-15/h4-13,29H,2-3H2,1H3,(H,28,32)(H,30,31). The molecule has 0 atom stereocenters.